The maximum absolute atomic E-state index is 11.8. The number of hydrogen-bond donors (Lipinski definition) is 1. The summed E-state index contributed by atoms with van der Waals surface area (Å²) in [4.78, 5) is 15.8. The molecule has 4 heteroatoms. The van der Waals surface area contributed by atoms with Crippen LogP contribution in [0.5, 0.6) is 0 Å². The van der Waals surface area contributed by atoms with E-state index in [1.54, 1.807) is 6.92 Å². The van der Waals surface area contributed by atoms with Crippen molar-refractivity contribution in [2.24, 2.45) is 0 Å². The van der Waals surface area contributed by atoms with Gasteiger partial charge in [0.2, 0.25) is 0 Å². The summed E-state index contributed by atoms with van der Waals surface area (Å²) in [5, 5.41) is 9.15. The molecule has 1 atom stereocenters. The van der Waals surface area contributed by atoms with Gasteiger partial charge in [-0.25, -0.2) is 0 Å². The second kappa shape index (κ2) is 6.13. The monoisotopic (exact) mass is 241 g/mol. The summed E-state index contributed by atoms with van der Waals surface area (Å²) in [5.74, 6) is 0.159. The third-order valence-corrected chi connectivity index (χ3v) is 3.40. The number of rotatable bonds is 6. The second-order valence-corrected chi connectivity index (χ2v) is 5.50. The van der Waals surface area contributed by atoms with Crippen LogP contribution >= 0.6 is 11.3 Å². The quantitative estimate of drug-likeness (QED) is 0.774. The van der Waals surface area contributed by atoms with Crippen molar-refractivity contribution in [1.82, 2.24) is 4.90 Å². The Morgan fingerprint density at radius 2 is 2.25 bits per heavy atom. The van der Waals surface area contributed by atoms with E-state index in [0.29, 0.717) is 13.0 Å². The van der Waals surface area contributed by atoms with Gasteiger partial charge in [0, 0.05) is 11.4 Å². The molecule has 0 fully saturated rings. The topological polar surface area (TPSA) is 40.5 Å². The second-order valence-electron chi connectivity index (χ2n) is 4.21. The van der Waals surface area contributed by atoms with E-state index in [-0.39, 0.29) is 11.9 Å². The maximum atomic E-state index is 11.8. The van der Waals surface area contributed by atoms with Gasteiger partial charge in [-0.15, -0.1) is 11.3 Å². The highest BCUT2D eigenvalue weighted by Crippen LogP contribution is 2.15. The van der Waals surface area contributed by atoms with Crippen LogP contribution in [0.2, 0.25) is 0 Å². The summed E-state index contributed by atoms with van der Waals surface area (Å²) < 4.78 is 0. The van der Waals surface area contributed by atoms with E-state index in [4.69, 9.17) is 5.11 Å². The van der Waals surface area contributed by atoms with Crippen LogP contribution in [0.15, 0.2) is 12.1 Å². The minimum atomic E-state index is -0.304. The number of hydrogen-bond acceptors (Lipinski definition) is 4. The average molecular weight is 241 g/mol. The highest BCUT2D eigenvalue weighted by molar-refractivity contribution is 7.14. The Kier molecular flexibility index (Phi) is 5.12. The molecule has 3 nitrogen and oxygen atoms in total. The van der Waals surface area contributed by atoms with Gasteiger partial charge in [-0.2, -0.15) is 0 Å². The van der Waals surface area contributed by atoms with Gasteiger partial charge in [-0.05, 0) is 39.4 Å². The van der Waals surface area contributed by atoms with Crippen LogP contribution in [0, 0.1) is 6.92 Å². The Morgan fingerprint density at radius 3 is 2.75 bits per heavy atom. The zero-order chi connectivity index (χ0) is 12.1. The smallest absolute Gasteiger partial charge is 0.186 e. The number of ketones is 1. The SMILES string of the molecule is Cc1ccc(C(=O)CN(C)CCC(C)O)s1. The highest BCUT2D eigenvalue weighted by Gasteiger charge is 2.11. The zero-order valence-electron chi connectivity index (χ0n) is 10.1. The number of nitrogens with zero attached hydrogens (tertiary/aromatic N) is 1. The predicted octanol–water partition coefficient (Wildman–Crippen LogP) is 1.94. The maximum Gasteiger partial charge on any atom is 0.186 e. The molecule has 90 valence electrons. The van der Waals surface area contributed by atoms with Crippen LogP contribution in [0.1, 0.15) is 27.9 Å². The molecule has 0 saturated heterocycles. The van der Waals surface area contributed by atoms with Gasteiger partial charge in [-0.1, -0.05) is 0 Å². The van der Waals surface area contributed by atoms with Gasteiger partial charge < -0.3 is 5.11 Å². The lowest BCUT2D eigenvalue weighted by atomic mass is 10.2. The molecule has 1 aromatic rings. The van der Waals surface area contributed by atoms with Gasteiger partial charge >= 0.3 is 0 Å². The Labute approximate surface area is 101 Å². The molecular formula is C12H19NO2S. The van der Waals surface area contributed by atoms with E-state index in [9.17, 15) is 4.79 Å². The fourth-order valence-corrected chi connectivity index (χ4v) is 2.19. The summed E-state index contributed by atoms with van der Waals surface area (Å²) in [6.45, 7) is 4.93. The summed E-state index contributed by atoms with van der Waals surface area (Å²) >= 11 is 1.54. The molecule has 0 aromatic carbocycles. The molecule has 0 aliphatic carbocycles. The number of aryl methyl sites for hydroxylation is 1. The number of thiophene rings is 1. The minimum Gasteiger partial charge on any atom is -0.393 e. The van der Waals surface area contributed by atoms with Gasteiger partial charge in [0.15, 0.2) is 5.78 Å². The van der Waals surface area contributed by atoms with E-state index in [0.717, 1.165) is 16.3 Å². The van der Waals surface area contributed by atoms with Gasteiger partial charge in [0.1, 0.15) is 0 Å². The third-order valence-electron chi connectivity index (χ3n) is 2.36. The fourth-order valence-electron chi connectivity index (χ4n) is 1.39. The van der Waals surface area contributed by atoms with Crippen LogP contribution in [0.25, 0.3) is 0 Å². The van der Waals surface area contributed by atoms with Crippen molar-refractivity contribution in [2.75, 3.05) is 20.1 Å². The van der Waals surface area contributed by atoms with Crippen molar-refractivity contribution < 1.29 is 9.90 Å². The van der Waals surface area contributed by atoms with E-state index in [2.05, 4.69) is 0 Å². The Bertz CT molecular complexity index is 347. The summed E-state index contributed by atoms with van der Waals surface area (Å²) in [6.07, 6.45) is 0.398. The molecule has 1 unspecified atom stereocenters. The summed E-state index contributed by atoms with van der Waals surface area (Å²) in [7, 11) is 1.90. The van der Waals surface area contributed by atoms with Crippen LogP contribution in [-0.2, 0) is 0 Å². The Hall–Kier alpha value is -0.710. The van der Waals surface area contributed by atoms with Gasteiger partial charge in [0.05, 0.1) is 17.5 Å². The Balaban J connectivity index is 2.39. The molecule has 1 rings (SSSR count). The van der Waals surface area contributed by atoms with E-state index >= 15 is 0 Å². The Morgan fingerprint density at radius 1 is 1.56 bits per heavy atom. The summed E-state index contributed by atoms with van der Waals surface area (Å²) in [5.41, 5.74) is 0. The first-order chi connectivity index (χ1) is 7.49. The molecule has 0 amide bonds. The van der Waals surface area contributed by atoms with Crippen molar-refractivity contribution in [3.8, 4) is 0 Å². The van der Waals surface area contributed by atoms with Gasteiger partial charge in [0.25, 0.3) is 0 Å². The first-order valence-electron chi connectivity index (χ1n) is 5.45. The number of aliphatic hydroxyl groups is 1. The number of carbonyl (C=O) groups is 1. The molecule has 0 spiro atoms. The molecule has 0 saturated carbocycles. The first-order valence-corrected chi connectivity index (χ1v) is 6.27. The summed E-state index contributed by atoms with van der Waals surface area (Å²) in [6, 6.07) is 3.85. The van der Waals surface area contributed by atoms with Gasteiger partial charge in [-0.3, -0.25) is 9.69 Å². The molecule has 1 heterocycles. The lowest BCUT2D eigenvalue weighted by Crippen LogP contribution is -2.28. The third kappa shape index (κ3) is 4.43. The van der Waals surface area contributed by atoms with Crippen molar-refractivity contribution in [3.05, 3.63) is 21.9 Å². The molecule has 0 aliphatic heterocycles. The molecule has 0 aliphatic rings. The fraction of sp³-hybridized carbons (Fsp3) is 0.583. The number of carbonyl (C=O) groups excluding carboxylic acids is 1. The molecule has 1 N–H and O–H groups in total. The largest absolute Gasteiger partial charge is 0.393 e. The number of aliphatic hydroxyl groups excluding tert-OH is 1. The zero-order valence-corrected chi connectivity index (χ0v) is 10.9. The lowest BCUT2D eigenvalue weighted by Gasteiger charge is -2.15. The molecule has 0 radical (unpaired) electrons. The standard InChI is InChI=1S/C12H19NO2S/c1-9(14)6-7-13(3)8-11(15)12-5-4-10(2)16-12/h4-5,9,14H,6-8H2,1-3H3. The molecular weight excluding hydrogens is 222 g/mol. The minimum absolute atomic E-state index is 0.159. The van der Waals surface area contributed by atoms with Crippen LogP contribution < -0.4 is 0 Å². The van der Waals surface area contributed by atoms with Crippen molar-refractivity contribution in [1.29, 1.82) is 0 Å². The molecule has 16 heavy (non-hydrogen) atoms. The van der Waals surface area contributed by atoms with Crippen molar-refractivity contribution in [2.45, 2.75) is 26.4 Å². The van der Waals surface area contributed by atoms with E-state index < -0.39 is 0 Å². The normalized spacial score (nSPS) is 13.1. The highest BCUT2D eigenvalue weighted by atomic mass is 32.1. The predicted molar refractivity (Wildman–Crippen MR) is 67.2 cm³/mol. The van der Waals surface area contributed by atoms with Crippen molar-refractivity contribution in [3.63, 3.8) is 0 Å². The number of Topliss-reactive ketones (excluding diaryl/α,β-unsaturated/α-hetero) is 1. The first kappa shape index (κ1) is 13.4. The van der Waals surface area contributed by atoms with Crippen molar-refractivity contribution >= 4 is 17.1 Å². The van der Waals surface area contributed by atoms with E-state index in [1.807, 2.05) is 31.0 Å². The lowest BCUT2D eigenvalue weighted by molar-refractivity contribution is 0.0935. The number of likely N-dealkylation sites (N-methyl/N-ethyl adjacent to an activating group) is 1. The average Bonchev–Trinajstić information content (AvgIpc) is 2.62. The van der Waals surface area contributed by atoms with Crippen LogP contribution in [-0.4, -0.2) is 42.0 Å². The van der Waals surface area contributed by atoms with Crippen LogP contribution in [0.4, 0.5) is 0 Å². The van der Waals surface area contributed by atoms with E-state index in [1.165, 1.54) is 11.3 Å². The molecule has 1 aromatic heterocycles. The van der Waals surface area contributed by atoms with Crippen LogP contribution in [0.3, 0.4) is 0 Å². The molecule has 0 bridgehead atoms.